The molecule has 0 aliphatic heterocycles. The van der Waals surface area contributed by atoms with Gasteiger partial charge in [-0.3, -0.25) is 0 Å². The number of aromatic nitrogens is 3. The van der Waals surface area contributed by atoms with Crippen molar-refractivity contribution in [3.63, 3.8) is 0 Å². The first-order chi connectivity index (χ1) is 30.8. The van der Waals surface area contributed by atoms with Crippen LogP contribution in [0.5, 0.6) is 0 Å². The molecule has 0 saturated carbocycles. The molecule has 10 aromatic rings. The van der Waals surface area contributed by atoms with Crippen LogP contribution < -0.4 is 0 Å². The SMILES string of the molecule is c1ccc(-c2nc(-c3ccccc3)nc(-c3ccc(-c4cccc5c4C4(c6ccccc6-5)c5ccccc5C5(c6ccccc6)c6ccccc6-c6cccc4c65)cc3)n2)cc1. The first-order valence-corrected chi connectivity index (χ1v) is 21.4. The van der Waals surface area contributed by atoms with Gasteiger partial charge in [0.15, 0.2) is 17.5 Å². The van der Waals surface area contributed by atoms with Gasteiger partial charge in [0.1, 0.15) is 0 Å². The van der Waals surface area contributed by atoms with Crippen molar-refractivity contribution < 1.29 is 0 Å². The second-order valence-corrected chi connectivity index (χ2v) is 16.6. The molecule has 0 amide bonds. The summed E-state index contributed by atoms with van der Waals surface area (Å²) in [6.07, 6.45) is 0. The van der Waals surface area contributed by atoms with Gasteiger partial charge in [-0.15, -0.1) is 0 Å². The molecule has 288 valence electrons. The zero-order chi connectivity index (χ0) is 40.8. The smallest absolute Gasteiger partial charge is 0.164 e. The molecule has 2 atom stereocenters. The molecule has 1 heterocycles. The first kappa shape index (κ1) is 34.8. The van der Waals surface area contributed by atoms with E-state index in [0.717, 1.165) is 22.3 Å². The summed E-state index contributed by atoms with van der Waals surface area (Å²) in [5.74, 6) is 1.95. The normalized spacial score (nSPS) is 17.2. The van der Waals surface area contributed by atoms with E-state index in [0.29, 0.717) is 17.5 Å². The molecule has 2 unspecified atom stereocenters. The fourth-order valence-electron chi connectivity index (χ4n) is 11.3. The van der Waals surface area contributed by atoms with E-state index in [2.05, 4.69) is 188 Å². The summed E-state index contributed by atoms with van der Waals surface area (Å²) in [6, 6.07) is 81.9. The molecule has 0 N–H and O–H groups in total. The number of nitrogens with zero attached hydrogens (tertiary/aromatic N) is 3. The van der Waals surface area contributed by atoms with E-state index >= 15 is 0 Å². The Morgan fingerprint density at radius 3 is 1.18 bits per heavy atom. The molecule has 3 aliphatic rings. The van der Waals surface area contributed by atoms with Crippen LogP contribution in [0.25, 0.3) is 67.5 Å². The molecule has 0 radical (unpaired) electrons. The lowest BCUT2D eigenvalue weighted by molar-refractivity contribution is 0.637. The highest BCUT2D eigenvalue weighted by Crippen LogP contribution is 2.69. The van der Waals surface area contributed by atoms with Crippen molar-refractivity contribution in [1.82, 2.24) is 15.0 Å². The van der Waals surface area contributed by atoms with E-state index in [1.54, 1.807) is 0 Å². The van der Waals surface area contributed by atoms with Crippen molar-refractivity contribution in [3.8, 4) is 67.5 Å². The number of rotatable bonds is 5. The van der Waals surface area contributed by atoms with Crippen LogP contribution in [0.2, 0.25) is 0 Å². The van der Waals surface area contributed by atoms with E-state index in [-0.39, 0.29) is 0 Å². The van der Waals surface area contributed by atoms with Crippen molar-refractivity contribution in [1.29, 1.82) is 0 Å². The largest absolute Gasteiger partial charge is 0.208 e. The third-order valence-corrected chi connectivity index (χ3v) is 13.6. The maximum absolute atomic E-state index is 5.05. The molecule has 3 nitrogen and oxygen atoms in total. The third-order valence-electron chi connectivity index (χ3n) is 13.6. The summed E-state index contributed by atoms with van der Waals surface area (Å²) in [5, 5.41) is 0. The Kier molecular flexibility index (Phi) is 7.44. The van der Waals surface area contributed by atoms with Crippen LogP contribution in [-0.2, 0) is 10.8 Å². The van der Waals surface area contributed by atoms with Crippen molar-refractivity contribution >= 4 is 0 Å². The highest BCUT2D eigenvalue weighted by Gasteiger charge is 2.60. The molecule has 1 aromatic heterocycles. The second-order valence-electron chi connectivity index (χ2n) is 16.6. The molecule has 3 aliphatic carbocycles. The Balaban J connectivity index is 1.06. The maximum Gasteiger partial charge on any atom is 0.164 e. The highest BCUT2D eigenvalue weighted by atomic mass is 15.0. The zero-order valence-electron chi connectivity index (χ0n) is 33.7. The van der Waals surface area contributed by atoms with Crippen LogP contribution in [0.3, 0.4) is 0 Å². The Hall–Kier alpha value is -8.01. The van der Waals surface area contributed by atoms with Crippen molar-refractivity contribution in [2.75, 3.05) is 0 Å². The summed E-state index contributed by atoms with van der Waals surface area (Å²) in [5.41, 5.74) is 20.0. The summed E-state index contributed by atoms with van der Waals surface area (Å²) < 4.78 is 0. The molecular formula is C59H37N3. The fourth-order valence-corrected chi connectivity index (χ4v) is 11.3. The highest BCUT2D eigenvalue weighted by molar-refractivity contribution is 5.98. The van der Waals surface area contributed by atoms with Gasteiger partial charge in [0.05, 0.1) is 10.8 Å². The average molecular weight is 788 g/mol. The van der Waals surface area contributed by atoms with E-state index in [9.17, 15) is 0 Å². The topological polar surface area (TPSA) is 38.7 Å². The van der Waals surface area contributed by atoms with Gasteiger partial charge in [-0.2, -0.15) is 0 Å². The number of benzene rings is 9. The second kappa shape index (κ2) is 13.2. The van der Waals surface area contributed by atoms with Gasteiger partial charge >= 0.3 is 0 Å². The molecule has 0 bridgehead atoms. The maximum atomic E-state index is 5.05. The van der Waals surface area contributed by atoms with Crippen LogP contribution in [-0.4, -0.2) is 15.0 Å². The summed E-state index contributed by atoms with van der Waals surface area (Å²) in [7, 11) is 0. The molecule has 0 fully saturated rings. The van der Waals surface area contributed by atoms with Gasteiger partial charge in [0, 0.05) is 16.7 Å². The summed E-state index contributed by atoms with van der Waals surface area (Å²) in [4.78, 5) is 15.0. The van der Waals surface area contributed by atoms with E-state index in [4.69, 9.17) is 15.0 Å². The lowest BCUT2D eigenvalue weighted by Crippen LogP contribution is -2.43. The molecule has 62 heavy (non-hydrogen) atoms. The van der Waals surface area contributed by atoms with Crippen LogP contribution >= 0.6 is 0 Å². The van der Waals surface area contributed by atoms with Crippen LogP contribution in [0.4, 0.5) is 0 Å². The minimum atomic E-state index is -0.590. The lowest BCUT2D eigenvalue weighted by Gasteiger charge is -2.48. The Labute approximate surface area is 360 Å². The quantitative estimate of drug-likeness (QED) is 0.174. The van der Waals surface area contributed by atoms with Crippen LogP contribution in [0.1, 0.15) is 44.5 Å². The van der Waals surface area contributed by atoms with E-state index in [1.807, 2.05) is 36.4 Å². The molecule has 13 rings (SSSR count). The standard InChI is InChI=1S/C59H37N3/c1-4-18-39(19-5-1)55-60-56(40-20-6-2-7-21-40)62-57(61-55)41-36-34-38(35-37-41)43-26-16-27-46-44-24-11-13-30-49(44)59(53(43)46)51-32-15-14-31-50(51)58(42-22-8-3-9-23-42)48-29-12-10-25-45(48)47-28-17-33-52(59)54(47)58/h1-37H. The predicted octanol–water partition coefficient (Wildman–Crippen LogP) is 13.6. The monoisotopic (exact) mass is 787 g/mol. The summed E-state index contributed by atoms with van der Waals surface area (Å²) in [6.45, 7) is 0. The van der Waals surface area contributed by atoms with Gasteiger partial charge in [0.25, 0.3) is 0 Å². The first-order valence-electron chi connectivity index (χ1n) is 21.4. The average Bonchev–Trinajstić information content (AvgIpc) is 3.83. The minimum Gasteiger partial charge on any atom is -0.208 e. The molecule has 9 aromatic carbocycles. The molecule has 0 saturated heterocycles. The zero-order valence-corrected chi connectivity index (χ0v) is 33.7. The predicted molar refractivity (Wildman–Crippen MR) is 250 cm³/mol. The van der Waals surface area contributed by atoms with Crippen LogP contribution in [0.15, 0.2) is 224 Å². The molecular weight excluding hydrogens is 751 g/mol. The molecule has 3 heteroatoms. The van der Waals surface area contributed by atoms with Crippen molar-refractivity contribution in [2.45, 2.75) is 10.8 Å². The Bertz CT molecular complexity index is 3340. The van der Waals surface area contributed by atoms with Gasteiger partial charge in [-0.05, 0) is 77.9 Å². The van der Waals surface area contributed by atoms with Crippen molar-refractivity contribution in [2.24, 2.45) is 0 Å². The number of fused-ring (bicyclic) bond motifs is 12. The van der Waals surface area contributed by atoms with E-state index in [1.165, 1.54) is 72.3 Å². The minimum absolute atomic E-state index is 0.484. The van der Waals surface area contributed by atoms with Crippen molar-refractivity contribution in [3.05, 3.63) is 269 Å². The Morgan fingerprint density at radius 2 is 0.597 bits per heavy atom. The van der Waals surface area contributed by atoms with Gasteiger partial charge in [-0.1, -0.05) is 224 Å². The number of hydrogen-bond donors (Lipinski definition) is 0. The van der Waals surface area contributed by atoms with E-state index < -0.39 is 10.8 Å². The molecule has 1 spiro atoms. The third kappa shape index (κ3) is 4.62. The summed E-state index contributed by atoms with van der Waals surface area (Å²) >= 11 is 0. The number of hydrogen-bond acceptors (Lipinski definition) is 3. The lowest BCUT2D eigenvalue weighted by atomic mass is 9.52. The van der Waals surface area contributed by atoms with Crippen LogP contribution in [0, 0.1) is 0 Å². The van der Waals surface area contributed by atoms with Gasteiger partial charge < -0.3 is 0 Å². The fraction of sp³-hybridized carbons (Fsp3) is 0.0339. The van der Waals surface area contributed by atoms with Gasteiger partial charge in [-0.25, -0.2) is 15.0 Å². The Morgan fingerprint density at radius 1 is 0.226 bits per heavy atom. The van der Waals surface area contributed by atoms with Gasteiger partial charge in [0.2, 0.25) is 0 Å².